The predicted molar refractivity (Wildman–Crippen MR) is 58.8 cm³/mol. The molecule has 14 heavy (non-hydrogen) atoms. The number of hydrogen-bond acceptors (Lipinski definition) is 3. The highest BCUT2D eigenvalue weighted by atomic mass is 16.5. The summed E-state index contributed by atoms with van der Waals surface area (Å²) in [7, 11) is 0. The average Bonchev–Trinajstić information content (AvgIpc) is 2.55. The second-order valence-electron chi connectivity index (χ2n) is 4.59. The molecule has 1 aliphatic rings. The first kappa shape index (κ1) is 12.0. The molecule has 1 unspecified atom stereocenters. The Labute approximate surface area is 87.4 Å². The van der Waals surface area contributed by atoms with Gasteiger partial charge < -0.3 is 4.74 Å². The molecule has 1 aliphatic carbocycles. The Bertz CT molecular complexity index is 165. The van der Waals surface area contributed by atoms with E-state index in [9.17, 15) is 0 Å². The number of nitrogens with two attached hydrogens (primary N) is 1. The van der Waals surface area contributed by atoms with Gasteiger partial charge in [0.1, 0.15) is 0 Å². The zero-order valence-electron chi connectivity index (χ0n) is 9.68. The molecule has 0 aliphatic heterocycles. The number of ether oxygens (including phenoxy) is 1. The minimum absolute atomic E-state index is 0.00231. The molecular weight excluding hydrogens is 176 g/mol. The first-order chi connectivity index (χ1) is 6.66. The Hall–Kier alpha value is -0.120. The van der Waals surface area contributed by atoms with Crippen LogP contribution in [0.4, 0.5) is 0 Å². The molecule has 1 rings (SSSR count). The second-order valence-corrected chi connectivity index (χ2v) is 4.59. The largest absolute Gasteiger partial charge is 0.374 e. The van der Waals surface area contributed by atoms with E-state index in [1.54, 1.807) is 0 Å². The van der Waals surface area contributed by atoms with Crippen LogP contribution in [0.1, 0.15) is 46.5 Å². The third-order valence-electron chi connectivity index (χ3n) is 3.29. The van der Waals surface area contributed by atoms with Gasteiger partial charge >= 0.3 is 0 Å². The Balaban J connectivity index is 2.73. The van der Waals surface area contributed by atoms with Crippen molar-refractivity contribution in [3.05, 3.63) is 0 Å². The van der Waals surface area contributed by atoms with E-state index in [2.05, 4.69) is 26.2 Å². The molecule has 3 nitrogen and oxygen atoms in total. The lowest BCUT2D eigenvalue weighted by atomic mass is 9.85. The Morgan fingerprint density at radius 1 is 1.36 bits per heavy atom. The summed E-state index contributed by atoms with van der Waals surface area (Å²) in [5, 5.41) is 0. The third kappa shape index (κ3) is 2.27. The van der Waals surface area contributed by atoms with Gasteiger partial charge in [0.15, 0.2) is 0 Å². The number of rotatable bonds is 5. The van der Waals surface area contributed by atoms with Crippen molar-refractivity contribution in [2.24, 2.45) is 11.8 Å². The van der Waals surface area contributed by atoms with E-state index in [1.165, 1.54) is 12.8 Å². The van der Waals surface area contributed by atoms with E-state index in [0.717, 1.165) is 19.4 Å². The van der Waals surface area contributed by atoms with Crippen LogP contribution in [0.15, 0.2) is 0 Å². The molecular formula is C11H24N2O. The molecule has 0 aromatic rings. The summed E-state index contributed by atoms with van der Waals surface area (Å²) in [5.74, 6) is 6.16. The normalized spacial score (nSPS) is 22.9. The highest BCUT2D eigenvalue weighted by Crippen LogP contribution is 2.38. The number of hydrogen-bond donors (Lipinski definition) is 2. The molecule has 84 valence electrons. The summed E-state index contributed by atoms with van der Waals surface area (Å²) in [6.45, 7) is 7.24. The van der Waals surface area contributed by atoms with E-state index in [0.29, 0.717) is 5.92 Å². The Morgan fingerprint density at radius 3 is 2.29 bits per heavy atom. The van der Waals surface area contributed by atoms with Gasteiger partial charge in [0.25, 0.3) is 0 Å². The SMILES string of the molecule is CCOC1(C(NN)C(C)C)CCCC1. The molecule has 0 heterocycles. The zero-order chi connectivity index (χ0) is 10.6. The molecule has 0 bridgehead atoms. The van der Waals surface area contributed by atoms with Crippen LogP contribution in [0.3, 0.4) is 0 Å². The first-order valence-electron chi connectivity index (χ1n) is 5.76. The van der Waals surface area contributed by atoms with Crippen LogP contribution in [0.25, 0.3) is 0 Å². The molecule has 0 aromatic carbocycles. The number of nitrogens with one attached hydrogen (secondary N) is 1. The van der Waals surface area contributed by atoms with Gasteiger partial charge in [-0.3, -0.25) is 11.3 Å². The molecule has 1 atom stereocenters. The molecule has 3 heteroatoms. The summed E-state index contributed by atoms with van der Waals surface area (Å²) in [6, 6.07) is 0.282. The molecule has 3 N–H and O–H groups in total. The summed E-state index contributed by atoms with van der Waals surface area (Å²) in [6.07, 6.45) is 4.83. The van der Waals surface area contributed by atoms with Crippen molar-refractivity contribution in [1.29, 1.82) is 0 Å². The van der Waals surface area contributed by atoms with Crippen LogP contribution in [0, 0.1) is 5.92 Å². The van der Waals surface area contributed by atoms with Crippen molar-refractivity contribution in [1.82, 2.24) is 5.43 Å². The van der Waals surface area contributed by atoms with Crippen LogP contribution in [-0.4, -0.2) is 18.2 Å². The fourth-order valence-corrected chi connectivity index (χ4v) is 2.76. The molecule has 1 fully saturated rings. The monoisotopic (exact) mass is 200 g/mol. The maximum atomic E-state index is 5.96. The van der Waals surface area contributed by atoms with Crippen molar-refractivity contribution in [2.75, 3.05) is 6.61 Å². The fraction of sp³-hybridized carbons (Fsp3) is 1.00. The van der Waals surface area contributed by atoms with Crippen molar-refractivity contribution in [2.45, 2.75) is 58.1 Å². The van der Waals surface area contributed by atoms with Gasteiger partial charge in [0, 0.05) is 6.61 Å². The van der Waals surface area contributed by atoms with E-state index in [-0.39, 0.29) is 11.6 Å². The molecule has 0 spiro atoms. The van der Waals surface area contributed by atoms with Gasteiger partial charge in [-0.15, -0.1) is 0 Å². The van der Waals surface area contributed by atoms with E-state index >= 15 is 0 Å². The molecule has 0 radical (unpaired) electrons. The maximum absolute atomic E-state index is 5.96. The van der Waals surface area contributed by atoms with Crippen molar-refractivity contribution in [3.8, 4) is 0 Å². The minimum Gasteiger partial charge on any atom is -0.374 e. The van der Waals surface area contributed by atoms with Crippen LogP contribution >= 0.6 is 0 Å². The van der Waals surface area contributed by atoms with Crippen LogP contribution < -0.4 is 11.3 Å². The smallest absolute Gasteiger partial charge is 0.0850 e. The van der Waals surface area contributed by atoms with Gasteiger partial charge in [0.05, 0.1) is 11.6 Å². The van der Waals surface area contributed by atoms with Crippen LogP contribution in [-0.2, 0) is 4.74 Å². The quantitative estimate of drug-likeness (QED) is 0.526. The number of hydrazine groups is 1. The standard InChI is InChI=1S/C11H24N2O/c1-4-14-11(7-5-6-8-11)10(13-12)9(2)3/h9-10,13H,4-8,12H2,1-3H3. The average molecular weight is 200 g/mol. The highest BCUT2D eigenvalue weighted by Gasteiger charge is 2.42. The van der Waals surface area contributed by atoms with Crippen molar-refractivity contribution < 1.29 is 4.74 Å². The van der Waals surface area contributed by atoms with Gasteiger partial charge in [0.2, 0.25) is 0 Å². The summed E-state index contributed by atoms with van der Waals surface area (Å²) in [5.41, 5.74) is 2.94. The Morgan fingerprint density at radius 2 is 1.93 bits per heavy atom. The summed E-state index contributed by atoms with van der Waals surface area (Å²) in [4.78, 5) is 0. The van der Waals surface area contributed by atoms with Gasteiger partial charge in [-0.05, 0) is 25.7 Å². The highest BCUT2D eigenvalue weighted by molar-refractivity contribution is 4.97. The minimum atomic E-state index is -0.00231. The predicted octanol–water partition coefficient (Wildman–Crippen LogP) is 1.82. The van der Waals surface area contributed by atoms with E-state index in [1.807, 2.05) is 0 Å². The second kappa shape index (κ2) is 5.10. The van der Waals surface area contributed by atoms with Gasteiger partial charge in [-0.25, -0.2) is 0 Å². The third-order valence-corrected chi connectivity index (χ3v) is 3.29. The Kier molecular flexibility index (Phi) is 4.35. The first-order valence-corrected chi connectivity index (χ1v) is 5.76. The molecule has 0 amide bonds. The van der Waals surface area contributed by atoms with Crippen molar-refractivity contribution in [3.63, 3.8) is 0 Å². The van der Waals surface area contributed by atoms with E-state index < -0.39 is 0 Å². The van der Waals surface area contributed by atoms with Gasteiger partial charge in [-0.1, -0.05) is 26.7 Å². The molecule has 0 aromatic heterocycles. The van der Waals surface area contributed by atoms with Crippen molar-refractivity contribution >= 4 is 0 Å². The lowest BCUT2D eigenvalue weighted by Gasteiger charge is -2.39. The summed E-state index contributed by atoms with van der Waals surface area (Å²) >= 11 is 0. The van der Waals surface area contributed by atoms with E-state index in [4.69, 9.17) is 10.6 Å². The van der Waals surface area contributed by atoms with Crippen LogP contribution in [0.5, 0.6) is 0 Å². The lowest BCUT2D eigenvalue weighted by Crippen LogP contribution is -2.56. The van der Waals surface area contributed by atoms with Crippen LogP contribution in [0.2, 0.25) is 0 Å². The zero-order valence-corrected chi connectivity index (χ0v) is 9.68. The molecule has 1 saturated carbocycles. The fourth-order valence-electron chi connectivity index (χ4n) is 2.76. The molecule has 0 saturated heterocycles. The lowest BCUT2D eigenvalue weighted by molar-refractivity contribution is -0.0720. The topological polar surface area (TPSA) is 47.3 Å². The maximum Gasteiger partial charge on any atom is 0.0850 e. The summed E-state index contributed by atoms with van der Waals surface area (Å²) < 4.78 is 5.96. The van der Waals surface area contributed by atoms with Gasteiger partial charge in [-0.2, -0.15) is 0 Å².